The van der Waals surface area contributed by atoms with Crippen molar-refractivity contribution in [1.82, 2.24) is 5.06 Å². The lowest BCUT2D eigenvalue weighted by atomic mass is 9.78. The van der Waals surface area contributed by atoms with Gasteiger partial charge in [0.25, 0.3) is 0 Å². The minimum Gasteiger partial charge on any atom is -0.394 e. The number of rotatable bonds is 2. The van der Waals surface area contributed by atoms with Gasteiger partial charge < -0.3 is 9.84 Å². The van der Waals surface area contributed by atoms with Crippen LogP contribution in [0.15, 0.2) is 0 Å². The summed E-state index contributed by atoms with van der Waals surface area (Å²) in [7, 11) is 0. The minimum absolute atomic E-state index is 0.0963. The molecule has 1 saturated carbocycles. The maximum atomic E-state index is 9.93. The van der Waals surface area contributed by atoms with Gasteiger partial charge in [-0.15, -0.1) is 0 Å². The van der Waals surface area contributed by atoms with Gasteiger partial charge in [0.2, 0.25) is 0 Å². The van der Waals surface area contributed by atoms with Crippen LogP contribution in [0.3, 0.4) is 0 Å². The fourth-order valence-corrected chi connectivity index (χ4v) is 4.05. The Hall–Kier alpha value is -0.160. The molecule has 4 nitrogen and oxygen atoms in total. The van der Waals surface area contributed by atoms with Gasteiger partial charge in [0.1, 0.15) is 0 Å². The number of hydroxylamine groups is 2. The Labute approximate surface area is 109 Å². The highest BCUT2D eigenvalue weighted by molar-refractivity contribution is 5.05. The van der Waals surface area contributed by atoms with Crippen LogP contribution in [0.5, 0.6) is 0 Å². The van der Waals surface area contributed by atoms with E-state index in [4.69, 9.17) is 9.57 Å². The molecular formula is C14H25NO3. The van der Waals surface area contributed by atoms with E-state index in [1.807, 2.05) is 0 Å². The normalized spacial score (nSPS) is 44.2. The summed E-state index contributed by atoms with van der Waals surface area (Å²) < 4.78 is 5.83. The number of nitrogens with zero attached hydrogens (tertiary/aromatic N) is 1. The number of hydrogen-bond acceptors (Lipinski definition) is 4. The smallest absolute Gasteiger partial charge is 0.0778 e. The summed E-state index contributed by atoms with van der Waals surface area (Å²) in [6.07, 6.45) is 5.95. The zero-order chi connectivity index (χ0) is 12.8. The second kappa shape index (κ2) is 4.44. The molecule has 0 aromatic rings. The topological polar surface area (TPSA) is 41.9 Å². The van der Waals surface area contributed by atoms with Crippen LogP contribution in [0.4, 0.5) is 0 Å². The van der Waals surface area contributed by atoms with Gasteiger partial charge in [-0.3, -0.25) is 4.84 Å². The van der Waals surface area contributed by atoms with Crippen molar-refractivity contribution in [3.63, 3.8) is 0 Å². The van der Waals surface area contributed by atoms with Gasteiger partial charge in [-0.1, -0.05) is 26.2 Å². The first-order valence-corrected chi connectivity index (χ1v) is 7.26. The lowest BCUT2D eigenvalue weighted by Gasteiger charge is -2.45. The third kappa shape index (κ3) is 1.73. The van der Waals surface area contributed by atoms with Crippen molar-refractivity contribution < 1.29 is 14.7 Å². The van der Waals surface area contributed by atoms with Gasteiger partial charge in [0.05, 0.1) is 37.5 Å². The molecule has 1 aliphatic carbocycles. The van der Waals surface area contributed by atoms with Gasteiger partial charge >= 0.3 is 0 Å². The van der Waals surface area contributed by atoms with Crippen LogP contribution in [0.1, 0.15) is 46.0 Å². The number of hydrogen-bond donors (Lipinski definition) is 1. The van der Waals surface area contributed by atoms with E-state index in [-0.39, 0.29) is 23.7 Å². The van der Waals surface area contributed by atoms with Crippen LogP contribution in [-0.4, -0.2) is 47.7 Å². The predicted octanol–water partition coefficient (Wildman–Crippen LogP) is 1.72. The SMILES string of the molecule is C[C@@H]1OC[C@@]2(C)CON(C3(CO)CCCCC3)[C@@H]12. The van der Waals surface area contributed by atoms with E-state index in [0.717, 1.165) is 26.1 Å². The van der Waals surface area contributed by atoms with Crippen molar-refractivity contribution in [3.8, 4) is 0 Å². The van der Waals surface area contributed by atoms with Crippen molar-refractivity contribution >= 4 is 0 Å². The largest absolute Gasteiger partial charge is 0.394 e. The molecule has 18 heavy (non-hydrogen) atoms. The van der Waals surface area contributed by atoms with E-state index >= 15 is 0 Å². The van der Waals surface area contributed by atoms with E-state index in [9.17, 15) is 5.11 Å². The molecule has 104 valence electrons. The molecule has 3 atom stereocenters. The number of ether oxygens (including phenoxy) is 1. The molecule has 0 bridgehead atoms. The number of aliphatic hydroxyl groups is 1. The summed E-state index contributed by atoms with van der Waals surface area (Å²) in [5, 5.41) is 12.1. The van der Waals surface area contributed by atoms with Gasteiger partial charge in [-0.05, 0) is 19.8 Å². The Kier molecular flexibility index (Phi) is 3.17. The summed E-state index contributed by atoms with van der Waals surface area (Å²) >= 11 is 0. The molecule has 2 saturated heterocycles. The lowest BCUT2D eigenvalue weighted by molar-refractivity contribution is -0.234. The van der Waals surface area contributed by atoms with Crippen molar-refractivity contribution in [2.75, 3.05) is 19.8 Å². The molecular weight excluding hydrogens is 230 g/mol. The Morgan fingerprint density at radius 1 is 1.22 bits per heavy atom. The monoisotopic (exact) mass is 255 g/mol. The molecule has 0 aromatic carbocycles. The van der Waals surface area contributed by atoms with E-state index in [2.05, 4.69) is 18.9 Å². The molecule has 0 spiro atoms. The molecule has 4 heteroatoms. The van der Waals surface area contributed by atoms with E-state index in [0.29, 0.717) is 6.04 Å². The Morgan fingerprint density at radius 2 is 1.94 bits per heavy atom. The standard InChI is InChI=1S/C14H25NO3/c1-11-12-13(2,9-17-11)10-18-15(12)14(8-16)6-4-3-5-7-14/h11-12,16H,3-10H2,1-2H3/t11-,12-,13-/m0/s1. The van der Waals surface area contributed by atoms with Crippen LogP contribution < -0.4 is 0 Å². The van der Waals surface area contributed by atoms with Gasteiger partial charge in [0, 0.05) is 5.41 Å². The number of aliphatic hydroxyl groups excluding tert-OH is 1. The fourth-order valence-electron chi connectivity index (χ4n) is 4.05. The van der Waals surface area contributed by atoms with Crippen molar-refractivity contribution in [1.29, 1.82) is 0 Å². The highest BCUT2D eigenvalue weighted by Crippen LogP contribution is 2.48. The zero-order valence-electron chi connectivity index (χ0n) is 11.5. The maximum absolute atomic E-state index is 9.93. The van der Waals surface area contributed by atoms with Crippen LogP contribution in [0, 0.1) is 5.41 Å². The first-order valence-electron chi connectivity index (χ1n) is 7.26. The van der Waals surface area contributed by atoms with Crippen LogP contribution in [0.25, 0.3) is 0 Å². The molecule has 3 fully saturated rings. The molecule has 2 heterocycles. The molecule has 1 N–H and O–H groups in total. The molecule has 0 unspecified atom stereocenters. The highest BCUT2D eigenvalue weighted by atomic mass is 16.7. The van der Waals surface area contributed by atoms with Crippen LogP contribution in [0.2, 0.25) is 0 Å². The van der Waals surface area contributed by atoms with Gasteiger partial charge in [-0.25, -0.2) is 0 Å². The third-order valence-electron chi connectivity index (χ3n) is 5.17. The van der Waals surface area contributed by atoms with Crippen LogP contribution in [-0.2, 0) is 9.57 Å². The molecule has 0 radical (unpaired) electrons. The molecule has 3 aliphatic rings. The van der Waals surface area contributed by atoms with Gasteiger partial charge in [0.15, 0.2) is 0 Å². The minimum atomic E-state index is -0.164. The fraction of sp³-hybridized carbons (Fsp3) is 1.00. The Balaban J connectivity index is 1.87. The summed E-state index contributed by atoms with van der Waals surface area (Å²) in [5.74, 6) is 0. The first-order chi connectivity index (χ1) is 8.61. The van der Waals surface area contributed by atoms with Crippen molar-refractivity contribution in [2.24, 2.45) is 5.41 Å². The number of fused-ring (bicyclic) bond motifs is 1. The second-order valence-electron chi connectivity index (χ2n) is 6.66. The summed E-state index contributed by atoms with van der Waals surface area (Å²) in [6.45, 7) is 6.08. The van der Waals surface area contributed by atoms with E-state index < -0.39 is 0 Å². The van der Waals surface area contributed by atoms with E-state index in [1.54, 1.807) is 0 Å². The summed E-state index contributed by atoms with van der Waals surface area (Å²) in [4.78, 5) is 6.02. The predicted molar refractivity (Wildman–Crippen MR) is 68.0 cm³/mol. The molecule has 0 amide bonds. The zero-order valence-corrected chi connectivity index (χ0v) is 11.5. The Morgan fingerprint density at radius 3 is 2.61 bits per heavy atom. The van der Waals surface area contributed by atoms with Crippen molar-refractivity contribution in [2.45, 2.75) is 63.6 Å². The van der Waals surface area contributed by atoms with Gasteiger partial charge in [-0.2, -0.15) is 5.06 Å². The average Bonchev–Trinajstić information content (AvgIpc) is 2.88. The Bertz CT molecular complexity index is 316. The lowest BCUT2D eigenvalue weighted by Crippen LogP contribution is -2.57. The third-order valence-corrected chi connectivity index (χ3v) is 5.17. The van der Waals surface area contributed by atoms with Crippen LogP contribution >= 0.6 is 0 Å². The van der Waals surface area contributed by atoms with Crippen molar-refractivity contribution in [3.05, 3.63) is 0 Å². The average molecular weight is 255 g/mol. The quantitative estimate of drug-likeness (QED) is 0.816. The highest BCUT2D eigenvalue weighted by Gasteiger charge is 2.58. The summed E-state index contributed by atoms with van der Waals surface area (Å²) in [5.41, 5.74) is -0.0678. The summed E-state index contributed by atoms with van der Waals surface area (Å²) in [6, 6.07) is 0.294. The maximum Gasteiger partial charge on any atom is 0.0778 e. The second-order valence-corrected chi connectivity index (χ2v) is 6.66. The van der Waals surface area contributed by atoms with E-state index in [1.165, 1.54) is 19.3 Å². The molecule has 2 aliphatic heterocycles. The first kappa shape index (κ1) is 12.9. The molecule has 0 aromatic heterocycles. The molecule has 3 rings (SSSR count).